The molecule has 1 aliphatic rings. The fourth-order valence-corrected chi connectivity index (χ4v) is 5.77. The molecule has 2 aromatic rings. The molecule has 1 saturated heterocycles. The van der Waals surface area contributed by atoms with E-state index in [2.05, 4.69) is 31.2 Å². The summed E-state index contributed by atoms with van der Waals surface area (Å²) in [4.78, 5) is 0. The molecular formula is C19H22FSi. The average Bonchev–Trinajstić information content (AvgIpc) is 2.56. The van der Waals surface area contributed by atoms with Crippen LogP contribution in [-0.2, 0) is 0 Å². The molecule has 0 saturated carbocycles. The monoisotopic (exact) mass is 297 g/mol. The second kappa shape index (κ2) is 6.57. The van der Waals surface area contributed by atoms with Crippen molar-refractivity contribution in [3.8, 4) is 11.1 Å². The minimum Gasteiger partial charge on any atom is -0.207 e. The number of halogens is 1. The molecule has 1 aliphatic heterocycles. The van der Waals surface area contributed by atoms with Crippen LogP contribution in [0.3, 0.4) is 0 Å². The Kier molecular flexibility index (Phi) is 4.54. The first kappa shape index (κ1) is 14.5. The van der Waals surface area contributed by atoms with E-state index >= 15 is 0 Å². The number of hydrogen-bond acceptors (Lipinski definition) is 0. The van der Waals surface area contributed by atoms with E-state index in [-0.39, 0.29) is 14.6 Å². The molecule has 3 rings (SSSR count). The van der Waals surface area contributed by atoms with Gasteiger partial charge in [0.05, 0.1) is 0 Å². The van der Waals surface area contributed by atoms with Crippen molar-refractivity contribution in [2.24, 2.45) is 0 Å². The number of benzene rings is 2. The maximum Gasteiger partial charge on any atom is 0.123 e. The summed E-state index contributed by atoms with van der Waals surface area (Å²) in [5, 5.41) is 0. The molecule has 1 radical (unpaired) electrons. The van der Waals surface area contributed by atoms with Crippen molar-refractivity contribution in [3.05, 3.63) is 59.9 Å². The van der Waals surface area contributed by atoms with Crippen LogP contribution in [0.5, 0.6) is 0 Å². The quantitative estimate of drug-likeness (QED) is 0.620. The van der Waals surface area contributed by atoms with Gasteiger partial charge in [-0.1, -0.05) is 61.5 Å². The lowest BCUT2D eigenvalue weighted by Crippen LogP contribution is -2.19. The molecule has 0 spiro atoms. The zero-order valence-corrected chi connectivity index (χ0v) is 13.6. The Morgan fingerprint density at radius 3 is 1.95 bits per heavy atom. The average molecular weight is 297 g/mol. The standard InChI is InChI=1S/C19H22FSi/c1-2-21-13-11-18(12-14-21)16-5-3-15(4-6-16)17-7-9-19(20)10-8-17/h3-10,18H,2,11-14H2,1H3. The molecule has 0 N–H and O–H groups in total. The van der Waals surface area contributed by atoms with E-state index in [4.69, 9.17) is 0 Å². The van der Waals surface area contributed by atoms with Gasteiger partial charge in [0, 0.05) is 8.80 Å². The highest BCUT2D eigenvalue weighted by atomic mass is 28.3. The van der Waals surface area contributed by atoms with Crippen molar-refractivity contribution >= 4 is 8.80 Å². The fourth-order valence-electron chi connectivity index (χ4n) is 3.30. The SMILES string of the molecule is CC[Si]1CCC(c2ccc(-c3ccc(F)cc3)cc2)CC1. The molecule has 0 aromatic heterocycles. The van der Waals surface area contributed by atoms with Crippen LogP contribution in [0.4, 0.5) is 4.39 Å². The van der Waals surface area contributed by atoms with Gasteiger partial charge in [-0.05, 0) is 47.6 Å². The zero-order valence-electron chi connectivity index (χ0n) is 12.6. The lowest BCUT2D eigenvalue weighted by atomic mass is 9.92. The van der Waals surface area contributed by atoms with Gasteiger partial charge in [0.25, 0.3) is 0 Å². The molecule has 0 nitrogen and oxygen atoms in total. The highest BCUT2D eigenvalue weighted by Crippen LogP contribution is 2.35. The minimum absolute atomic E-state index is 0.0171. The third-order valence-electron chi connectivity index (χ3n) is 4.75. The third-order valence-corrected chi connectivity index (χ3v) is 7.74. The van der Waals surface area contributed by atoms with Crippen LogP contribution in [0.25, 0.3) is 11.1 Å². The molecule has 0 atom stereocenters. The van der Waals surface area contributed by atoms with Crippen molar-refractivity contribution in [3.63, 3.8) is 0 Å². The summed E-state index contributed by atoms with van der Waals surface area (Å²) in [7, 11) is -0.0171. The van der Waals surface area contributed by atoms with Crippen LogP contribution in [0.15, 0.2) is 48.5 Å². The third kappa shape index (κ3) is 3.43. The van der Waals surface area contributed by atoms with Crippen LogP contribution in [0, 0.1) is 5.82 Å². The van der Waals surface area contributed by atoms with Crippen LogP contribution in [-0.4, -0.2) is 8.80 Å². The predicted molar refractivity (Wildman–Crippen MR) is 89.7 cm³/mol. The highest BCUT2D eigenvalue weighted by molar-refractivity contribution is 6.58. The molecule has 109 valence electrons. The molecule has 0 bridgehead atoms. The Labute approximate surface area is 128 Å². The zero-order chi connectivity index (χ0) is 14.7. The van der Waals surface area contributed by atoms with Gasteiger partial charge in [0.2, 0.25) is 0 Å². The Hall–Kier alpha value is -1.41. The van der Waals surface area contributed by atoms with Gasteiger partial charge < -0.3 is 0 Å². The Morgan fingerprint density at radius 2 is 1.43 bits per heavy atom. The molecular weight excluding hydrogens is 275 g/mol. The Morgan fingerprint density at radius 1 is 0.905 bits per heavy atom. The van der Waals surface area contributed by atoms with E-state index in [1.807, 2.05) is 12.1 Å². The molecule has 2 heteroatoms. The van der Waals surface area contributed by atoms with E-state index in [1.54, 1.807) is 0 Å². The Bertz CT molecular complexity index is 566. The van der Waals surface area contributed by atoms with Crippen molar-refractivity contribution in [1.82, 2.24) is 0 Å². The molecule has 21 heavy (non-hydrogen) atoms. The molecule has 1 heterocycles. The van der Waals surface area contributed by atoms with Crippen LogP contribution >= 0.6 is 0 Å². The number of rotatable bonds is 3. The summed E-state index contributed by atoms with van der Waals surface area (Å²) >= 11 is 0. The summed E-state index contributed by atoms with van der Waals surface area (Å²) in [6, 6.07) is 20.0. The topological polar surface area (TPSA) is 0 Å². The molecule has 1 fully saturated rings. The van der Waals surface area contributed by atoms with Crippen LogP contribution in [0.1, 0.15) is 31.2 Å². The second-order valence-corrected chi connectivity index (χ2v) is 9.21. The molecule has 0 amide bonds. The summed E-state index contributed by atoms with van der Waals surface area (Å²) in [5.41, 5.74) is 3.74. The first-order valence-electron chi connectivity index (χ1n) is 7.95. The van der Waals surface area contributed by atoms with E-state index in [9.17, 15) is 4.39 Å². The van der Waals surface area contributed by atoms with Crippen LogP contribution in [0.2, 0.25) is 18.1 Å². The molecule has 0 aliphatic carbocycles. The van der Waals surface area contributed by atoms with Gasteiger partial charge in [-0.3, -0.25) is 0 Å². The van der Waals surface area contributed by atoms with Gasteiger partial charge in [-0.15, -0.1) is 0 Å². The van der Waals surface area contributed by atoms with Crippen molar-refractivity contribution in [1.29, 1.82) is 0 Å². The summed E-state index contributed by atoms with van der Waals surface area (Å²) in [6.45, 7) is 2.35. The van der Waals surface area contributed by atoms with E-state index in [1.165, 1.54) is 54.2 Å². The summed E-state index contributed by atoms with van der Waals surface area (Å²) in [5.74, 6) is 0.582. The number of hydrogen-bond donors (Lipinski definition) is 0. The van der Waals surface area contributed by atoms with Gasteiger partial charge >= 0.3 is 0 Å². The molecule has 0 unspecified atom stereocenters. The van der Waals surface area contributed by atoms with E-state index in [0.29, 0.717) is 0 Å². The summed E-state index contributed by atoms with van der Waals surface area (Å²) in [6.07, 6.45) is 2.75. The largest absolute Gasteiger partial charge is 0.207 e. The predicted octanol–water partition coefficient (Wildman–Crippen LogP) is 5.88. The lowest BCUT2D eigenvalue weighted by Gasteiger charge is -2.27. The van der Waals surface area contributed by atoms with Crippen molar-refractivity contribution < 1.29 is 4.39 Å². The maximum absolute atomic E-state index is 13.0. The first-order valence-corrected chi connectivity index (χ1v) is 10.1. The first-order chi connectivity index (χ1) is 10.3. The van der Waals surface area contributed by atoms with Crippen molar-refractivity contribution in [2.75, 3.05) is 0 Å². The van der Waals surface area contributed by atoms with Gasteiger partial charge in [-0.25, -0.2) is 4.39 Å². The second-order valence-electron chi connectivity index (χ2n) is 6.01. The smallest absolute Gasteiger partial charge is 0.123 e. The molecule has 2 aromatic carbocycles. The maximum atomic E-state index is 13.0. The normalized spacial score (nSPS) is 17.0. The minimum atomic E-state index is -0.175. The van der Waals surface area contributed by atoms with E-state index in [0.717, 1.165) is 11.5 Å². The van der Waals surface area contributed by atoms with Crippen molar-refractivity contribution in [2.45, 2.75) is 43.8 Å². The summed E-state index contributed by atoms with van der Waals surface area (Å²) < 4.78 is 13.0. The van der Waals surface area contributed by atoms with E-state index < -0.39 is 0 Å². The lowest BCUT2D eigenvalue weighted by molar-refractivity contribution is 0.607. The van der Waals surface area contributed by atoms with Gasteiger partial charge in [0.15, 0.2) is 0 Å². The van der Waals surface area contributed by atoms with Gasteiger partial charge in [-0.2, -0.15) is 0 Å². The fraction of sp³-hybridized carbons (Fsp3) is 0.368. The highest BCUT2D eigenvalue weighted by Gasteiger charge is 2.22. The van der Waals surface area contributed by atoms with Gasteiger partial charge in [0.1, 0.15) is 5.82 Å². The van der Waals surface area contributed by atoms with Crippen LogP contribution < -0.4 is 0 Å². The Balaban J connectivity index is 1.71.